The maximum absolute atomic E-state index is 5.64. The van der Waals surface area contributed by atoms with Crippen LogP contribution in [0.5, 0.6) is 5.75 Å². The second kappa shape index (κ2) is 7.42. The molecule has 0 bridgehead atoms. The third kappa shape index (κ3) is 4.02. The van der Waals surface area contributed by atoms with E-state index in [1.807, 2.05) is 0 Å². The molecule has 0 saturated heterocycles. The summed E-state index contributed by atoms with van der Waals surface area (Å²) in [6.07, 6.45) is 7.47. The van der Waals surface area contributed by atoms with Crippen molar-refractivity contribution in [3.05, 3.63) is 29.3 Å². The standard InChI is InChI=1S/C16H25NO/c1-2-17-11-5-3-4-7-14-9-10-16-15(13-14)8-6-12-18-16/h9-10,13,17H,2-8,11-12H2,1H3. The van der Waals surface area contributed by atoms with E-state index < -0.39 is 0 Å². The lowest BCUT2D eigenvalue weighted by Crippen LogP contribution is -2.13. The highest BCUT2D eigenvalue weighted by Gasteiger charge is 2.10. The first-order valence-electron chi connectivity index (χ1n) is 7.35. The molecule has 1 aromatic rings. The van der Waals surface area contributed by atoms with Crippen molar-refractivity contribution in [3.63, 3.8) is 0 Å². The van der Waals surface area contributed by atoms with E-state index in [0.29, 0.717) is 0 Å². The van der Waals surface area contributed by atoms with Crippen LogP contribution in [0, 0.1) is 0 Å². The van der Waals surface area contributed by atoms with Crippen LogP contribution in [-0.2, 0) is 12.8 Å². The Balaban J connectivity index is 1.72. The molecule has 0 amide bonds. The molecule has 0 spiro atoms. The molecule has 1 aliphatic rings. The Morgan fingerprint density at radius 2 is 2.17 bits per heavy atom. The first-order chi connectivity index (χ1) is 8.90. The molecule has 0 radical (unpaired) electrons. The van der Waals surface area contributed by atoms with E-state index in [9.17, 15) is 0 Å². The quantitative estimate of drug-likeness (QED) is 0.746. The number of rotatable bonds is 7. The molecule has 1 N–H and O–H groups in total. The highest BCUT2D eigenvalue weighted by atomic mass is 16.5. The Bertz CT molecular complexity index is 362. The second-order valence-corrected chi connectivity index (χ2v) is 5.06. The Labute approximate surface area is 111 Å². The van der Waals surface area contributed by atoms with Crippen LogP contribution in [0.25, 0.3) is 0 Å². The zero-order valence-corrected chi connectivity index (χ0v) is 11.5. The SMILES string of the molecule is CCNCCCCCc1ccc2c(c1)CCCO2. The molecular formula is C16H25NO. The predicted molar refractivity (Wildman–Crippen MR) is 76.4 cm³/mol. The summed E-state index contributed by atoms with van der Waals surface area (Å²) in [7, 11) is 0. The summed E-state index contributed by atoms with van der Waals surface area (Å²) in [5.74, 6) is 1.11. The molecule has 1 aliphatic heterocycles. The van der Waals surface area contributed by atoms with Crippen LogP contribution in [0.15, 0.2) is 18.2 Å². The lowest BCUT2D eigenvalue weighted by molar-refractivity contribution is 0.288. The van der Waals surface area contributed by atoms with Gasteiger partial charge in [0.25, 0.3) is 0 Å². The third-order valence-corrected chi connectivity index (χ3v) is 3.54. The molecular weight excluding hydrogens is 222 g/mol. The van der Waals surface area contributed by atoms with Crippen molar-refractivity contribution in [3.8, 4) is 5.75 Å². The fourth-order valence-corrected chi connectivity index (χ4v) is 2.50. The smallest absolute Gasteiger partial charge is 0.122 e. The number of hydrogen-bond acceptors (Lipinski definition) is 2. The molecule has 0 saturated carbocycles. The van der Waals surface area contributed by atoms with Gasteiger partial charge < -0.3 is 10.1 Å². The zero-order valence-electron chi connectivity index (χ0n) is 11.5. The van der Waals surface area contributed by atoms with E-state index in [4.69, 9.17) is 4.74 Å². The van der Waals surface area contributed by atoms with Crippen LogP contribution in [0.3, 0.4) is 0 Å². The molecule has 1 aromatic carbocycles. The Kier molecular flexibility index (Phi) is 5.53. The minimum atomic E-state index is 0.886. The molecule has 2 heteroatoms. The normalized spacial score (nSPS) is 14.1. The zero-order chi connectivity index (χ0) is 12.6. The van der Waals surface area contributed by atoms with Crippen molar-refractivity contribution < 1.29 is 4.74 Å². The fourth-order valence-electron chi connectivity index (χ4n) is 2.50. The van der Waals surface area contributed by atoms with Crippen LogP contribution >= 0.6 is 0 Å². The van der Waals surface area contributed by atoms with Gasteiger partial charge >= 0.3 is 0 Å². The van der Waals surface area contributed by atoms with Crippen molar-refractivity contribution >= 4 is 0 Å². The van der Waals surface area contributed by atoms with Gasteiger partial charge in [-0.3, -0.25) is 0 Å². The Morgan fingerprint density at radius 3 is 3.06 bits per heavy atom. The number of ether oxygens (including phenoxy) is 1. The van der Waals surface area contributed by atoms with Gasteiger partial charge in [0.2, 0.25) is 0 Å². The van der Waals surface area contributed by atoms with E-state index in [2.05, 4.69) is 30.4 Å². The molecule has 100 valence electrons. The lowest BCUT2D eigenvalue weighted by Gasteiger charge is -2.17. The Hall–Kier alpha value is -1.02. The van der Waals surface area contributed by atoms with Gasteiger partial charge in [-0.15, -0.1) is 0 Å². The lowest BCUT2D eigenvalue weighted by atomic mass is 10.00. The van der Waals surface area contributed by atoms with Crippen molar-refractivity contribution in [2.75, 3.05) is 19.7 Å². The fraction of sp³-hybridized carbons (Fsp3) is 0.625. The minimum Gasteiger partial charge on any atom is -0.493 e. The van der Waals surface area contributed by atoms with Gasteiger partial charge in [0, 0.05) is 0 Å². The molecule has 18 heavy (non-hydrogen) atoms. The van der Waals surface area contributed by atoms with Gasteiger partial charge in [0.15, 0.2) is 0 Å². The van der Waals surface area contributed by atoms with Gasteiger partial charge in [-0.25, -0.2) is 0 Å². The van der Waals surface area contributed by atoms with Crippen LogP contribution in [-0.4, -0.2) is 19.7 Å². The van der Waals surface area contributed by atoms with E-state index in [1.54, 1.807) is 0 Å². The van der Waals surface area contributed by atoms with Crippen molar-refractivity contribution in [2.45, 2.75) is 45.4 Å². The molecule has 0 unspecified atom stereocenters. The van der Waals surface area contributed by atoms with Gasteiger partial charge in [-0.1, -0.05) is 25.5 Å². The van der Waals surface area contributed by atoms with Gasteiger partial charge in [0.05, 0.1) is 6.61 Å². The van der Waals surface area contributed by atoms with E-state index in [0.717, 1.165) is 25.4 Å². The number of benzene rings is 1. The summed E-state index contributed by atoms with van der Waals surface area (Å²) in [4.78, 5) is 0. The van der Waals surface area contributed by atoms with E-state index >= 15 is 0 Å². The molecule has 0 atom stereocenters. The molecule has 2 nitrogen and oxygen atoms in total. The third-order valence-electron chi connectivity index (χ3n) is 3.54. The van der Waals surface area contributed by atoms with Gasteiger partial charge in [-0.2, -0.15) is 0 Å². The first kappa shape index (κ1) is 13.4. The number of nitrogens with one attached hydrogen (secondary N) is 1. The van der Waals surface area contributed by atoms with Crippen LogP contribution in [0.1, 0.15) is 43.7 Å². The largest absolute Gasteiger partial charge is 0.493 e. The molecule has 0 fully saturated rings. The van der Waals surface area contributed by atoms with Crippen LogP contribution < -0.4 is 10.1 Å². The van der Waals surface area contributed by atoms with E-state index in [-0.39, 0.29) is 0 Å². The Morgan fingerprint density at radius 1 is 1.22 bits per heavy atom. The highest BCUT2D eigenvalue weighted by Crippen LogP contribution is 2.26. The van der Waals surface area contributed by atoms with Gasteiger partial charge in [0.1, 0.15) is 5.75 Å². The van der Waals surface area contributed by atoms with Crippen molar-refractivity contribution in [1.82, 2.24) is 5.32 Å². The molecule has 0 aliphatic carbocycles. The summed E-state index contributed by atoms with van der Waals surface area (Å²) in [5, 5.41) is 3.37. The average molecular weight is 247 g/mol. The summed E-state index contributed by atoms with van der Waals surface area (Å²) < 4.78 is 5.64. The average Bonchev–Trinajstić information content (AvgIpc) is 2.42. The maximum Gasteiger partial charge on any atom is 0.122 e. The number of hydrogen-bond donors (Lipinski definition) is 1. The topological polar surface area (TPSA) is 21.3 Å². The first-order valence-corrected chi connectivity index (χ1v) is 7.35. The molecule has 0 aromatic heterocycles. The molecule has 1 heterocycles. The van der Waals surface area contributed by atoms with Gasteiger partial charge in [-0.05, 0) is 62.4 Å². The predicted octanol–water partition coefficient (Wildman–Crippen LogP) is 3.33. The van der Waals surface area contributed by atoms with Crippen LogP contribution in [0.2, 0.25) is 0 Å². The van der Waals surface area contributed by atoms with E-state index in [1.165, 1.54) is 49.7 Å². The second-order valence-electron chi connectivity index (χ2n) is 5.06. The summed E-state index contributed by atoms with van der Waals surface area (Å²) in [6, 6.07) is 6.73. The minimum absolute atomic E-state index is 0.886. The van der Waals surface area contributed by atoms with Crippen molar-refractivity contribution in [1.29, 1.82) is 0 Å². The number of unbranched alkanes of at least 4 members (excludes halogenated alkanes) is 2. The summed E-state index contributed by atoms with van der Waals surface area (Å²) >= 11 is 0. The molecule has 2 rings (SSSR count). The van der Waals surface area contributed by atoms with Crippen LogP contribution in [0.4, 0.5) is 0 Å². The maximum atomic E-state index is 5.64. The number of aryl methyl sites for hydroxylation is 2. The summed E-state index contributed by atoms with van der Waals surface area (Å²) in [5.41, 5.74) is 2.88. The van der Waals surface area contributed by atoms with Crippen molar-refractivity contribution in [2.24, 2.45) is 0 Å². The highest BCUT2D eigenvalue weighted by molar-refractivity contribution is 5.38. The number of fused-ring (bicyclic) bond motifs is 1. The monoisotopic (exact) mass is 247 g/mol. The summed E-state index contributed by atoms with van der Waals surface area (Å²) in [6.45, 7) is 5.30.